The van der Waals surface area contributed by atoms with Crippen LogP contribution in [0.2, 0.25) is 0 Å². The molecule has 3 saturated carbocycles. The number of nitrogens with zero attached hydrogens (tertiary/aromatic N) is 6. The van der Waals surface area contributed by atoms with Crippen LogP contribution in [0.25, 0.3) is 11.3 Å². The number of fused-ring (bicyclic) bond motifs is 1. The van der Waals surface area contributed by atoms with Crippen molar-refractivity contribution >= 4 is 17.5 Å². The van der Waals surface area contributed by atoms with E-state index in [4.69, 9.17) is 20.4 Å². The molecule has 8 rings (SSSR count). The third-order valence-corrected chi connectivity index (χ3v) is 12.3. The zero-order chi connectivity index (χ0) is 31.4. The van der Waals surface area contributed by atoms with Crippen LogP contribution in [0.1, 0.15) is 75.1 Å². The summed E-state index contributed by atoms with van der Waals surface area (Å²) in [7, 11) is 1.50. The number of aromatic nitrogens is 4. The summed E-state index contributed by atoms with van der Waals surface area (Å²) in [6.07, 6.45) is 14.1. The van der Waals surface area contributed by atoms with Crippen LogP contribution < -0.4 is 10.6 Å². The number of nitrogen functional groups attached to an aromatic ring is 1. The summed E-state index contributed by atoms with van der Waals surface area (Å²) in [5, 5.41) is 19.0. The van der Waals surface area contributed by atoms with Crippen LogP contribution in [0.5, 0.6) is 5.75 Å². The topological polar surface area (TPSA) is 131 Å². The van der Waals surface area contributed by atoms with Crippen molar-refractivity contribution in [2.24, 2.45) is 23.7 Å². The van der Waals surface area contributed by atoms with Crippen LogP contribution in [0.3, 0.4) is 0 Å². The predicted octanol–water partition coefficient (Wildman–Crippen LogP) is 4.94. The Morgan fingerprint density at radius 3 is 2.50 bits per heavy atom. The highest BCUT2D eigenvalue weighted by atomic mass is 16.5. The highest BCUT2D eigenvalue weighted by molar-refractivity contribution is 5.74. The smallest absolute Gasteiger partial charge is 0.308 e. The van der Waals surface area contributed by atoms with E-state index < -0.39 is 0 Å². The molecule has 2 bridgehead atoms. The summed E-state index contributed by atoms with van der Waals surface area (Å²) in [4.78, 5) is 27.1. The van der Waals surface area contributed by atoms with E-state index in [1.807, 2.05) is 24.3 Å². The Kier molecular flexibility index (Phi) is 7.58. The molecule has 0 amide bonds. The number of hydrogen-bond acceptors (Lipinski definition) is 10. The van der Waals surface area contributed by atoms with Crippen LogP contribution >= 0.6 is 0 Å². The number of methoxy groups -OCH3 is 1. The molecule has 242 valence electrons. The first-order valence-electron chi connectivity index (χ1n) is 17.2. The van der Waals surface area contributed by atoms with Crippen molar-refractivity contribution in [3.8, 4) is 17.0 Å². The number of phenolic OH excluding ortho intramolecular Hbond substituents is 1. The van der Waals surface area contributed by atoms with E-state index in [2.05, 4.69) is 32.4 Å². The third-order valence-electron chi connectivity index (χ3n) is 12.3. The maximum absolute atomic E-state index is 11.9. The molecule has 0 spiro atoms. The van der Waals surface area contributed by atoms with Crippen LogP contribution in [-0.4, -0.2) is 75.5 Å². The number of anilines is 2. The number of hydrogen-bond donors (Lipinski definition) is 2. The summed E-state index contributed by atoms with van der Waals surface area (Å²) in [6.45, 7) is 4.10. The van der Waals surface area contributed by atoms with Gasteiger partial charge in [0.1, 0.15) is 11.6 Å². The molecule has 3 aliphatic carbocycles. The Labute approximate surface area is 270 Å². The molecule has 4 atom stereocenters. The number of carbonyl (C=O) groups excluding carboxylic acids is 1. The van der Waals surface area contributed by atoms with Crippen molar-refractivity contribution in [2.45, 2.75) is 75.2 Å². The van der Waals surface area contributed by atoms with Gasteiger partial charge in [0.05, 0.1) is 24.4 Å². The maximum Gasteiger partial charge on any atom is 0.308 e. The summed E-state index contributed by atoms with van der Waals surface area (Å²) >= 11 is 0. The Hall–Kier alpha value is -3.79. The van der Waals surface area contributed by atoms with Gasteiger partial charge < -0.3 is 25.4 Å². The van der Waals surface area contributed by atoms with Gasteiger partial charge in [0.25, 0.3) is 0 Å². The van der Waals surface area contributed by atoms with E-state index in [0.29, 0.717) is 46.8 Å². The molecule has 5 aliphatic rings. The second-order valence-corrected chi connectivity index (χ2v) is 14.6. The molecular formula is C36H45N7O3. The van der Waals surface area contributed by atoms with Gasteiger partial charge in [-0.15, -0.1) is 10.2 Å². The number of ether oxygens (including phenoxy) is 1. The molecule has 4 heterocycles. The van der Waals surface area contributed by atoms with Gasteiger partial charge in [0, 0.05) is 42.5 Å². The number of rotatable bonds is 6. The van der Waals surface area contributed by atoms with E-state index in [1.165, 1.54) is 19.1 Å². The first kappa shape index (κ1) is 29.6. The zero-order valence-electron chi connectivity index (χ0n) is 26.7. The molecular weight excluding hydrogens is 578 g/mol. The molecule has 4 unspecified atom stereocenters. The van der Waals surface area contributed by atoms with E-state index >= 15 is 0 Å². The zero-order valence-corrected chi connectivity index (χ0v) is 26.7. The quantitative estimate of drug-likeness (QED) is 0.364. The van der Waals surface area contributed by atoms with Crippen molar-refractivity contribution in [3.63, 3.8) is 0 Å². The summed E-state index contributed by atoms with van der Waals surface area (Å²) in [6, 6.07) is 9.82. The van der Waals surface area contributed by atoms with Gasteiger partial charge in [-0.2, -0.15) is 0 Å². The molecule has 3 N–H and O–H groups in total. The molecule has 5 fully saturated rings. The molecule has 46 heavy (non-hydrogen) atoms. The lowest BCUT2D eigenvalue weighted by atomic mass is 9.54. The lowest BCUT2D eigenvalue weighted by Gasteiger charge is -2.52. The highest BCUT2D eigenvalue weighted by Crippen LogP contribution is 2.64. The number of phenols is 1. The van der Waals surface area contributed by atoms with E-state index in [9.17, 15) is 9.90 Å². The molecule has 10 nitrogen and oxygen atoms in total. The lowest BCUT2D eigenvalue weighted by molar-refractivity contribution is -0.147. The summed E-state index contributed by atoms with van der Waals surface area (Å²) < 4.78 is 4.97. The second-order valence-electron chi connectivity index (χ2n) is 14.6. The van der Waals surface area contributed by atoms with Crippen LogP contribution in [0.4, 0.5) is 11.5 Å². The highest BCUT2D eigenvalue weighted by Gasteiger charge is 2.63. The number of para-hydroxylation sites is 1. The Bertz CT molecular complexity index is 1580. The fourth-order valence-electron chi connectivity index (χ4n) is 9.92. The minimum Gasteiger partial charge on any atom is -0.507 e. The predicted molar refractivity (Wildman–Crippen MR) is 175 cm³/mol. The molecule has 10 heteroatoms. The van der Waals surface area contributed by atoms with Crippen molar-refractivity contribution < 1.29 is 14.6 Å². The number of esters is 1. The van der Waals surface area contributed by atoms with Crippen molar-refractivity contribution in [1.82, 2.24) is 25.1 Å². The first-order chi connectivity index (χ1) is 22.4. The number of carbonyl (C=O) groups is 1. The van der Waals surface area contributed by atoms with Gasteiger partial charge in [0.15, 0.2) is 5.82 Å². The van der Waals surface area contributed by atoms with Gasteiger partial charge in [0.2, 0.25) is 0 Å². The average molecular weight is 624 g/mol. The largest absolute Gasteiger partial charge is 0.507 e. The number of benzene rings is 1. The Morgan fingerprint density at radius 2 is 1.76 bits per heavy atom. The summed E-state index contributed by atoms with van der Waals surface area (Å²) in [5.74, 6) is 3.98. The first-order valence-corrected chi connectivity index (χ1v) is 17.2. The van der Waals surface area contributed by atoms with Gasteiger partial charge >= 0.3 is 5.97 Å². The monoisotopic (exact) mass is 623 g/mol. The number of aromatic hydroxyl groups is 1. The lowest BCUT2D eigenvalue weighted by Crippen LogP contribution is -2.54. The van der Waals surface area contributed by atoms with Crippen LogP contribution in [-0.2, 0) is 14.9 Å². The van der Waals surface area contributed by atoms with Gasteiger partial charge in [-0.1, -0.05) is 12.1 Å². The Balaban J connectivity index is 0.899. The number of likely N-dealkylation sites (tertiary alicyclic amines) is 1. The number of piperidine rings is 1. The molecule has 2 aromatic heterocycles. The SMILES string of the molecule is COC(=O)C1CCC(N2CCC(c3cnc(C45CC6CC4C(CN(c4cc(-c7ccccc7O)nnc4N)C6)C5)nc3)CC2)CC1. The van der Waals surface area contributed by atoms with Gasteiger partial charge in [-0.3, -0.25) is 4.79 Å². The fourth-order valence-corrected chi connectivity index (χ4v) is 9.92. The van der Waals surface area contributed by atoms with Gasteiger partial charge in [-0.05, 0) is 118 Å². The van der Waals surface area contributed by atoms with Crippen LogP contribution in [0.15, 0.2) is 42.7 Å². The van der Waals surface area contributed by atoms with Crippen molar-refractivity contribution in [3.05, 3.63) is 54.1 Å². The van der Waals surface area contributed by atoms with Crippen molar-refractivity contribution in [2.75, 3.05) is 43.9 Å². The summed E-state index contributed by atoms with van der Waals surface area (Å²) in [5.41, 5.74) is 10.0. The van der Waals surface area contributed by atoms with E-state index in [-0.39, 0.29) is 23.1 Å². The van der Waals surface area contributed by atoms with Crippen molar-refractivity contribution in [1.29, 1.82) is 0 Å². The minimum atomic E-state index is -0.0379. The van der Waals surface area contributed by atoms with E-state index in [0.717, 1.165) is 89.1 Å². The van der Waals surface area contributed by atoms with Gasteiger partial charge in [-0.25, -0.2) is 9.97 Å². The Morgan fingerprint density at radius 1 is 1.00 bits per heavy atom. The molecule has 2 saturated heterocycles. The molecule has 3 aromatic rings. The van der Waals surface area contributed by atoms with E-state index in [1.54, 1.807) is 6.07 Å². The fraction of sp³-hybridized carbons (Fsp3) is 0.583. The minimum absolute atomic E-state index is 0.0379. The average Bonchev–Trinajstić information content (AvgIpc) is 3.28. The number of nitrogens with two attached hydrogens (primary N) is 1. The maximum atomic E-state index is 11.9. The normalized spacial score (nSPS) is 31.2. The molecule has 2 aliphatic heterocycles. The standard InChI is InChI=1S/C36H45N7O3/c1-46-34(45)24-6-8-27(9-7-24)42-12-10-23(11-13-42)26-18-38-35(39-19-26)36-16-22-14-29(36)25(17-36)21-43(20-22)31-15-30(40-41-33(31)37)28-4-2-3-5-32(28)44/h2-5,15,18-19,22-25,27,29,44H,6-14,16-17,20-21H2,1H3,(H2,37,41). The second kappa shape index (κ2) is 11.8. The molecule has 1 aromatic carbocycles. The van der Waals surface area contributed by atoms with Crippen LogP contribution in [0, 0.1) is 23.7 Å². The molecule has 0 radical (unpaired) electrons. The third kappa shape index (κ3) is 5.09.